The molecule has 0 atom stereocenters. The molecule has 0 spiro atoms. The number of benzene rings is 4. The molecule has 0 saturated heterocycles. The third-order valence-electron chi connectivity index (χ3n) is 5.56. The van der Waals surface area contributed by atoms with Gasteiger partial charge in [0.2, 0.25) is 0 Å². The fourth-order valence-corrected chi connectivity index (χ4v) is 3.89. The van der Waals surface area contributed by atoms with Gasteiger partial charge in [0, 0.05) is 15.9 Å². The highest BCUT2D eigenvalue weighted by molar-refractivity contribution is 9.10. The Labute approximate surface area is 238 Å². The lowest BCUT2D eigenvalue weighted by Gasteiger charge is -2.08. The molecule has 4 aromatic rings. The average molecular weight is 598 g/mol. The summed E-state index contributed by atoms with van der Waals surface area (Å²) in [7, 11) is 1.86. The first kappa shape index (κ1) is 31.1. The van der Waals surface area contributed by atoms with Gasteiger partial charge in [-0.05, 0) is 77.5 Å². The first-order valence-electron chi connectivity index (χ1n) is 11.7. The van der Waals surface area contributed by atoms with Gasteiger partial charge in [-0.1, -0.05) is 70.5 Å². The zero-order valence-electron chi connectivity index (χ0n) is 21.8. The van der Waals surface area contributed by atoms with Crippen molar-refractivity contribution in [3.05, 3.63) is 112 Å². The third-order valence-corrected chi connectivity index (χ3v) is 6.40. The van der Waals surface area contributed by atoms with Gasteiger partial charge in [0.1, 0.15) is 17.8 Å². The highest BCUT2D eigenvalue weighted by Crippen LogP contribution is 2.26. The summed E-state index contributed by atoms with van der Waals surface area (Å²) >= 11 is 9.03. The van der Waals surface area contributed by atoms with Crippen molar-refractivity contribution in [1.82, 2.24) is 0 Å². The lowest BCUT2D eigenvalue weighted by molar-refractivity contribution is 0.112. The molecule has 4 rings (SSSR count). The van der Waals surface area contributed by atoms with Gasteiger partial charge in [0.15, 0.2) is 0 Å². The molecule has 0 heterocycles. The molecule has 38 heavy (non-hydrogen) atoms. The SMILES string of the molecule is COc1ccc(-c2ccc(CCl)cc2)cc1C.COc1ccc(B(O)O)cc1C.O=Cc1ccc(Br)cc1. The van der Waals surface area contributed by atoms with Crippen LogP contribution < -0.4 is 14.9 Å². The Morgan fingerprint density at radius 3 is 1.76 bits per heavy atom. The van der Waals surface area contributed by atoms with Gasteiger partial charge >= 0.3 is 7.12 Å². The second-order valence-electron chi connectivity index (χ2n) is 8.29. The molecule has 0 radical (unpaired) electrons. The monoisotopic (exact) mass is 596 g/mol. The smallest absolute Gasteiger partial charge is 0.488 e. The molecule has 0 fully saturated rings. The summed E-state index contributed by atoms with van der Waals surface area (Å²) in [5, 5.41) is 17.7. The van der Waals surface area contributed by atoms with E-state index in [4.69, 9.17) is 31.1 Å². The first-order chi connectivity index (χ1) is 18.2. The number of ether oxygens (including phenoxy) is 2. The van der Waals surface area contributed by atoms with Crippen molar-refractivity contribution in [2.24, 2.45) is 0 Å². The molecule has 5 nitrogen and oxygen atoms in total. The molecular weight excluding hydrogens is 566 g/mol. The maximum Gasteiger partial charge on any atom is 0.488 e. The Bertz CT molecular complexity index is 1300. The molecular formula is C30H31BBrClO5. The van der Waals surface area contributed by atoms with E-state index in [0.717, 1.165) is 38.9 Å². The van der Waals surface area contributed by atoms with Crippen LogP contribution in [-0.4, -0.2) is 37.7 Å². The minimum absolute atomic E-state index is 0.480. The van der Waals surface area contributed by atoms with Crippen LogP contribution in [-0.2, 0) is 5.88 Å². The van der Waals surface area contributed by atoms with Crippen LogP contribution in [0.3, 0.4) is 0 Å². The quantitative estimate of drug-likeness (QED) is 0.154. The maximum absolute atomic E-state index is 10.1. The second-order valence-corrected chi connectivity index (χ2v) is 9.47. The zero-order chi connectivity index (χ0) is 28.1. The number of hydrogen-bond donors (Lipinski definition) is 2. The lowest BCUT2D eigenvalue weighted by Crippen LogP contribution is -2.29. The average Bonchev–Trinajstić information content (AvgIpc) is 2.94. The Hall–Kier alpha value is -3.10. The number of methoxy groups -OCH3 is 2. The molecule has 0 saturated carbocycles. The predicted octanol–water partition coefficient (Wildman–Crippen LogP) is 6.35. The number of alkyl halides is 1. The van der Waals surface area contributed by atoms with E-state index >= 15 is 0 Å². The van der Waals surface area contributed by atoms with E-state index in [2.05, 4.69) is 59.3 Å². The van der Waals surface area contributed by atoms with Crippen LogP contribution in [0.1, 0.15) is 27.0 Å². The molecule has 2 N–H and O–H groups in total. The predicted molar refractivity (Wildman–Crippen MR) is 160 cm³/mol. The molecule has 0 unspecified atom stereocenters. The molecule has 0 aliphatic heterocycles. The van der Waals surface area contributed by atoms with Crippen molar-refractivity contribution >= 4 is 46.4 Å². The summed E-state index contributed by atoms with van der Waals surface area (Å²) in [5.74, 6) is 2.23. The summed E-state index contributed by atoms with van der Waals surface area (Å²) < 4.78 is 11.3. The van der Waals surface area contributed by atoms with E-state index in [9.17, 15) is 4.79 Å². The van der Waals surface area contributed by atoms with Gasteiger partial charge in [-0.2, -0.15) is 0 Å². The van der Waals surface area contributed by atoms with Gasteiger partial charge in [-0.3, -0.25) is 4.79 Å². The van der Waals surface area contributed by atoms with Gasteiger partial charge in [0.05, 0.1) is 14.2 Å². The normalized spacial score (nSPS) is 9.79. The minimum atomic E-state index is -1.41. The van der Waals surface area contributed by atoms with E-state index in [1.54, 1.807) is 44.6 Å². The van der Waals surface area contributed by atoms with Gasteiger partial charge in [-0.25, -0.2) is 0 Å². The number of carbonyl (C=O) groups is 1. The van der Waals surface area contributed by atoms with Crippen molar-refractivity contribution in [2.75, 3.05) is 14.2 Å². The summed E-state index contributed by atoms with van der Waals surface area (Å²) in [6, 6.07) is 26.7. The van der Waals surface area contributed by atoms with Crippen LogP contribution >= 0.6 is 27.5 Å². The summed E-state index contributed by atoms with van der Waals surface area (Å²) in [5.41, 5.74) is 6.76. The number of aryl methyl sites for hydroxylation is 2. The van der Waals surface area contributed by atoms with Gasteiger partial charge in [0.25, 0.3) is 0 Å². The molecule has 4 aromatic carbocycles. The Morgan fingerprint density at radius 2 is 1.32 bits per heavy atom. The molecule has 0 bridgehead atoms. The number of carbonyl (C=O) groups excluding carboxylic acids is 1. The molecule has 0 aromatic heterocycles. The van der Waals surface area contributed by atoms with Crippen molar-refractivity contribution in [3.8, 4) is 22.6 Å². The van der Waals surface area contributed by atoms with E-state index in [1.165, 1.54) is 11.1 Å². The second kappa shape index (κ2) is 16.0. The minimum Gasteiger partial charge on any atom is -0.496 e. The standard InChI is InChI=1S/C15H15ClO.C8H11BO3.C7H5BrO/c1-11-9-14(7-8-15(11)17-2)13-5-3-12(10-16)4-6-13;1-6-5-7(9(10)11)3-4-8(6)12-2;8-7-3-1-6(5-9)2-4-7/h3-9H,10H2,1-2H3;3-5,10-11H,1-2H3;1-5H. The highest BCUT2D eigenvalue weighted by atomic mass is 79.9. The van der Waals surface area contributed by atoms with Gasteiger partial charge in [-0.15, -0.1) is 11.6 Å². The third kappa shape index (κ3) is 9.65. The van der Waals surface area contributed by atoms with Crippen LogP contribution in [0.15, 0.2) is 89.4 Å². The lowest BCUT2D eigenvalue weighted by atomic mass is 9.79. The number of hydrogen-bond acceptors (Lipinski definition) is 5. The Kier molecular flexibility index (Phi) is 13.1. The van der Waals surface area contributed by atoms with Crippen LogP contribution in [0, 0.1) is 13.8 Å². The maximum atomic E-state index is 10.1. The summed E-state index contributed by atoms with van der Waals surface area (Å²) in [6.07, 6.45) is 0.826. The molecule has 0 amide bonds. The van der Waals surface area contributed by atoms with Crippen LogP contribution in [0.25, 0.3) is 11.1 Å². The molecule has 198 valence electrons. The van der Waals surface area contributed by atoms with Crippen molar-refractivity contribution in [3.63, 3.8) is 0 Å². The number of halogens is 2. The number of aldehydes is 1. The topological polar surface area (TPSA) is 76.0 Å². The zero-order valence-corrected chi connectivity index (χ0v) is 24.2. The molecule has 0 aliphatic rings. The van der Waals surface area contributed by atoms with Crippen molar-refractivity contribution in [2.45, 2.75) is 19.7 Å². The Balaban J connectivity index is 0.000000212. The van der Waals surface area contributed by atoms with Crippen molar-refractivity contribution in [1.29, 1.82) is 0 Å². The highest BCUT2D eigenvalue weighted by Gasteiger charge is 2.11. The van der Waals surface area contributed by atoms with E-state index in [-0.39, 0.29) is 0 Å². The first-order valence-corrected chi connectivity index (χ1v) is 13.1. The Morgan fingerprint density at radius 1 is 0.789 bits per heavy atom. The van der Waals surface area contributed by atoms with Gasteiger partial charge < -0.3 is 19.5 Å². The molecule has 8 heteroatoms. The van der Waals surface area contributed by atoms with Crippen LogP contribution in [0.5, 0.6) is 11.5 Å². The van der Waals surface area contributed by atoms with Crippen LogP contribution in [0.2, 0.25) is 0 Å². The largest absolute Gasteiger partial charge is 0.496 e. The fraction of sp³-hybridized carbons (Fsp3) is 0.167. The summed E-state index contributed by atoms with van der Waals surface area (Å²) in [6.45, 7) is 3.90. The fourth-order valence-electron chi connectivity index (χ4n) is 3.45. The number of rotatable bonds is 6. The molecule has 0 aliphatic carbocycles. The van der Waals surface area contributed by atoms with E-state index in [1.807, 2.05) is 25.1 Å². The van der Waals surface area contributed by atoms with Crippen molar-refractivity contribution < 1.29 is 24.3 Å². The van der Waals surface area contributed by atoms with Crippen LogP contribution in [0.4, 0.5) is 0 Å². The summed E-state index contributed by atoms with van der Waals surface area (Å²) in [4.78, 5) is 10.1. The van der Waals surface area contributed by atoms with E-state index < -0.39 is 7.12 Å². The van der Waals surface area contributed by atoms with E-state index in [0.29, 0.717) is 16.9 Å².